The average Bonchev–Trinajstić information content (AvgIpc) is 2.47. The van der Waals surface area contributed by atoms with E-state index in [4.69, 9.17) is 5.11 Å². The fraction of sp³-hybridized carbons (Fsp3) is 0.889. The number of hydrogen-bond acceptors (Lipinski definition) is 2. The quantitative estimate of drug-likeness (QED) is 0.753. The van der Waals surface area contributed by atoms with Crippen molar-refractivity contribution in [2.75, 3.05) is 32.7 Å². The van der Waals surface area contributed by atoms with Crippen molar-refractivity contribution in [1.29, 1.82) is 0 Å². The van der Waals surface area contributed by atoms with Gasteiger partial charge in [-0.05, 0) is 6.42 Å². The molecule has 0 saturated carbocycles. The molecule has 0 bridgehead atoms. The second-order valence-corrected chi connectivity index (χ2v) is 4.51. The molecule has 0 aromatic carbocycles. The van der Waals surface area contributed by atoms with E-state index in [0.717, 1.165) is 6.42 Å². The van der Waals surface area contributed by atoms with Crippen LogP contribution in [-0.4, -0.2) is 60.1 Å². The van der Waals surface area contributed by atoms with Gasteiger partial charge in [0, 0.05) is 31.6 Å². The molecule has 6 heteroatoms. The summed E-state index contributed by atoms with van der Waals surface area (Å²) in [4.78, 5) is 13.7. The highest BCUT2D eigenvalue weighted by molar-refractivity contribution is 5.65. The molecule has 1 N–H and O–H groups in total. The molecule has 0 aromatic heterocycles. The summed E-state index contributed by atoms with van der Waals surface area (Å²) in [5.41, 5.74) is -0.0344. The average molecular weight is 220 g/mol. The van der Waals surface area contributed by atoms with E-state index < -0.39 is 12.5 Å². The summed E-state index contributed by atoms with van der Waals surface area (Å²) >= 11 is 0. The van der Waals surface area contributed by atoms with Gasteiger partial charge in [-0.25, -0.2) is 13.6 Å². The molecule has 0 aromatic rings. The lowest BCUT2D eigenvalue weighted by Gasteiger charge is -2.47. The molecule has 2 saturated heterocycles. The minimum Gasteiger partial charge on any atom is -0.465 e. The van der Waals surface area contributed by atoms with Gasteiger partial charge in [-0.2, -0.15) is 0 Å². The standard InChI is InChI=1S/C9H14F2N2O2/c10-7(11)3-12-4-9(5-12)1-2-13(6-9)8(14)15/h7H,1-6H2,(H,14,15). The van der Waals surface area contributed by atoms with E-state index in [-0.39, 0.29) is 12.0 Å². The largest absolute Gasteiger partial charge is 0.465 e. The summed E-state index contributed by atoms with van der Waals surface area (Å²) in [6, 6.07) is 0. The zero-order valence-corrected chi connectivity index (χ0v) is 8.33. The molecule has 2 aliphatic rings. The first-order valence-corrected chi connectivity index (χ1v) is 4.99. The lowest BCUT2D eigenvalue weighted by atomic mass is 9.79. The van der Waals surface area contributed by atoms with E-state index >= 15 is 0 Å². The van der Waals surface area contributed by atoms with E-state index in [1.54, 1.807) is 4.90 Å². The van der Waals surface area contributed by atoms with Gasteiger partial charge in [-0.3, -0.25) is 4.90 Å². The van der Waals surface area contributed by atoms with Crippen LogP contribution in [0.4, 0.5) is 13.6 Å². The molecule has 1 amide bonds. The summed E-state index contributed by atoms with van der Waals surface area (Å²) in [6.07, 6.45) is -2.39. The van der Waals surface area contributed by atoms with Gasteiger partial charge in [0.05, 0.1) is 6.54 Å². The molecule has 86 valence electrons. The number of halogens is 2. The van der Waals surface area contributed by atoms with Crippen LogP contribution < -0.4 is 0 Å². The third-order valence-corrected chi connectivity index (χ3v) is 3.22. The van der Waals surface area contributed by atoms with E-state index in [1.165, 1.54) is 4.90 Å². The van der Waals surface area contributed by atoms with Crippen molar-refractivity contribution in [2.24, 2.45) is 5.41 Å². The fourth-order valence-corrected chi connectivity index (χ4v) is 2.58. The van der Waals surface area contributed by atoms with Crippen molar-refractivity contribution >= 4 is 6.09 Å². The van der Waals surface area contributed by atoms with Crippen LogP contribution in [0.2, 0.25) is 0 Å². The Morgan fingerprint density at radius 1 is 1.40 bits per heavy atom. The summed E-state index contributed by atoms with van der Waals surface area (Å²) in [7, 11) is 0. The van der Waals surface area contributed by atoms with Crippen molar-refractivity contribution in [3.8, 4) is 0 Å². The molecule has 2 aliphatic heterocycles. The lowest BCUT2D eigenvalue weighted by Crippen LogP contribution is -2.58. The number of rotatable bonds is 2. The lowest BCUT2D eigenvalue weighted by molar-refractivity contribution is -0.0289. The van der Waals surface area contributed by atoms with Crippen LogP contribution in [-0.2, 0) is 0 Å². The summed E-state index contributed by atoms with van der Waals surface area (Å²) in [5, 5.41) is 8.77. The SMILES string of the molecule is O=C(O)N1CCC2(CN(CC(F)F)C2)C1. The van der Waals surface area contributed by atoms with Crippen LogP contribution >= 0.6 is 0 Å². The van der Waals surface area contributed by atoms with Crippen molar-refractivity contribution in [3.63, 3.8) is 0 Å². The molecular weight excluding hydrogens is 206 g/mol. The molecule has 4 nitrogen and oxygen atoms in total. The first-order valence-electron chi connectivity index (χ1n) is 4.99. The maximum atomic E-state index is 12.0. The monoisotopic (exact) mass is 220 g/mol. The summed E-state index contributed by atoms with van der Waals surface area (Å²) in [6.45, 7) is 2.08. The predicted molar refractivity (Wildman–Crippen MR) is 49.1 cm³/mol. The highest BCUT2D eigenvalue weighted by atomic mass is 19.3. The maximum Gasteiger partial charge on any atom is 0.407 e. The van der Waals surface area contributed by atoms with Crippen LogP contribution in [0.1, 0.15) is 6.42 Å². The smallest absolute Gasteiger partial charge is 0.407 e. The Morgan fingerprint density at radius 3 is 2.53 bits per heavy atom. The molecule has 1 spiro atoms. The van der Waals surface area contributed by atoms with Crippen LogP contribution in [0, 0.1) is 5.41 Å². The van der Waals surface area contributed by atoms with Crippen molar-refractivity contribution in [1.82, 2.24) is 9.80 Å². The third-order valence-electron chi connectivity index (χ3n) is 3.22. The van der Waals surface area contributed by atoms with E-state index in [1.807, 2.05) is 0 Å². The van der Waals surface area contributed by atoms with E-state index in [2.05, 4.69) is 0 Å². The molecule has 2 rings (SSSR count). The van der Waals surface area contributed by atoms with Gasteiger partial charge in [-0.15, -0.1) is 0 Å². The number of hydrogen-bond donors (Lipinski definition) is 1. The van der Waals surface area contributed by atoms with Crippen LogP contribution in [0.3, 0.4) is 0 Å². The molecular formula is C9H14F2N2O2. The Kier molecular flexibility index (Phi) is 2.54. The van der Waals surface area contributed by atoms with Gasteiger partial charge < -0.3 is 10.0 Å². The topological polar surface area (TPSA) is 43.8 Å². The van der Waals surface area contributed by atoms with Gasteiger partial charge in [0.1, 0.15) is 0 Å². The highest BCUT2D eigenvalue weighted by Gasteiger charge is 2.48. The number of likely N-dealkylation sites (tertiary alicyclic amines) is 2. The fourth-order valence-electron chi connectivity index (χ4n) is 2.58. The minimum absolute atomic E-state index is 0.0344. The zero-order valence-electron chi connectivity index (χ0n) is 8.33. The van der Waals surface area contributed by atoms with Crippen LogP contribution in [0.25, 0.3) is 0 Å². The molecule has 0 radical (unpaired) electrons. The number of carboxylic acid groups (broad SMARTS) is 1. The Hall–Kier alpha value is -0.910. The predicted octanol–water partition coefficient (Wildman–Crippen LogP) is 0.937. The molecule has 15 heavy (non-hydrogen) atoms. The Balaban J connectivity index is 1.81. The van der Waals surface area contributed by atoms with Crippen molar-refractivity contribution in [2.45, 2.75) is 12.8 Å². The van der Waals surface area contributed by atoms with Gasteiger partial charge in [0.2, 0.25) is 0 Å². The minimum atomic E-state index is -2.29. The van der Waals surface area contributed by atoms with Crippen LogP contribution in [0.15, 0.2) is 0 Å². The number of nitrogens with zero attached hydrogens (tertiary/aromatic N) is 2. The summed E-state index contributed by atoms with van der Waals surface area (Å²) in [5.74, 6) is 0. The Bertz CT molecular complexity index is 267. The molecule has 2 fully saturated rings. The number of carbonyl (C=O) groups is 1. The number of alkyl halides is 2. The maximum absolute atomic E-state index is 12.0. The van der Waals surface area contributed by atoms with E-state index in [0.29, 0.717) is 26.2 Å². The van der Waals surface area contributed by atoms with Gasteiger partial charge in [-0.1, -0.05) is 0 Å². The molecule has 0 atom stereocenters. The molecule has 0 aliphatic carbocycles. The Morgan fingerprint density at radius 2 is 2.07 bits per heavy atom. The van der Waals surface area contributed by atoms with Gasteiger partial charge in [0.15, 0.2) is 0 Å². The van der Waals surface area contributed by atoms with Crippen molar-refractivity contribution in [3.05, 3.63) is 0 Å². The first-order chi connectivity index (χ1) is 7.01. The Labute approximate surface area is 86.5 Å². The van der Waals surface area contributed by atoms with Gasteiger partial charge in [0.25, 0.3) is 6.43 Å². The summed E-state index contributed by atoms with van der Waals surface area (Å²) < 4.78 is 24.1. The van der Waals surface area contributed by atoms with E-state index in [9.17, 15) is 13.6 Å². The first kappa shape index (κ1) is 10.6. The third kappa shape index (κ3) is 2.04. The van der Waals surface area contributed by atoms with Gasteiger partial charge >= 0.3 is 6.09 Å². The molecule has 2 heterocycles. The highest BCUT2D eigenvalue weighted by Crippen LogP contribution is 2.39. The second kappa shape index (κ2) is 3.59. The normalized spacial score (nSPS) is 24.9. The number of amides is 1. The van der Waals surface area contributed by atoms with Crippen molar-refractivity contribution < 1.29 is 18.7 Å². The second-order valence-electron chi connectivity index (χ2n) is 4.51. The molecule has 0 unspecified atom stereocenters. The van der Waals surface area contributed by atoms with Crippen LogP contribution in [0.5, 0.6) is 0 Å². The zero-order chi connectivity index (χ0) is 11.1.